The summed E-state index contributed by atoms with van der Waals surface area (Å²) in [6, 6.07) is 34.9. The van der Waals surface area contributed by atoms with Gasteiger partial charge in [0.05, 0.1) is 28.8 Å². The third kappa shape index (κ3) is 6.79. The topological polar surface area (TPSA) is 122 Å². The zero-order chi connectivity index (χ0) is 34.7. The molecule has 7 aromatic rings. The van der Waals surface area contributed by atoms with Gasteiger partial charge < -0.3 is 19.3 Å². The smallest absolute Gasteiger partial charge is 0.355 e. The van der Waals surface area contributed by atoms with Gasteiger partial charge in [-0.1, -0.05) is 84.1 Å². The maximum absolute atomic E-state index is 13.5. The van der Waals surface area contributed by atoms with Crippen molar-refractivity contribution in [1.82, 2.24) is 19.5 Å². The number of carbonyl (C=O) groups is 2. The third-order valence-electron chi connectivity index (χ3n) is 8.91. The Labute approximate surface area is 297 Å². The van der Waals surface area contributed by atoms with Crippen LogP contribution in [0.2, 0.25) is 0 Å². The Hall–Kier alpha value is -6.33. The van der Waals surface area contributed by atoms with Gasteiger partial charge >= 0.3 is 5.97 Å². The quantitative estimate of drug-likeness (QED) is 0.150. The van der Waals surface area contributed by atoms with Crippen LogP contribution >= 0.6 is 11.3 Å². The number of pyridine rings is 1. The van der Waals surface area contributed by atoms with Crippen LogP contribution in [0.5, 0.6) is 5.75 Å². The van der Waals surface area contributed by atoms with Crippen LogP contribution in [0.1, 0.15) is 43.1 Å². The highest BCUT2D eigenvalue weighted by atomic mass is 32.1. The Balaban J connectivity index is 1.00. The summed E-state index contributed by atoms with van der Waals surface area (Å²) in [4.78, 5) is 41.8. The Morgan fingerprint density at radius 3 is 2.57 bits per heavy atom. The monoisotopic (exact) mass is 692 g/mol. The molecule has 0 saturated carbocycles. The Kier molecular flexibility index (Phi) is 8.69. The molecule has 3 aromatic heterocycles. The highest BCUT2D eigenvalue weighted by Gasteiger charge is 2.25. The van der Waals surface area contributed by atoms with Crippen LogP contribution in [0.4, 0.5) is 10.9 Å². The van der Waals surface area contributed by atoms with Gasteiger partial charge in [0.25, 0.3) is 5.91 Å². The van der Waals surface area contributed by atoms with Crippen LogP contribution in [0.15, 0.2) is 122 Å². The first kappa shape index (κ1) is 31.9. The first-order valence-electron chi connectivity index (χ1n) is 16.5. The molecule has 4 heterocycles. The van der Waals surface area contributed by atoms with E-state index in [1.165, 1.54) is 11.3 Å². The number of hydrogen-bond donors (Lipinski definition) is 2. The SMILES string of the molecule is O=C(Nc1nc2ccccc2s1)c1cccc2c1CN(c1ccc(-c3cn(Cc4ccccc4OCc4ccccc4)cn3)c(C(=O)O)n1)CC2. The van der Waals surface area contributed by atoms with Crippen molar-refractivity contribution in [2.75, 3.05) is 16.8 Å². The molecular formula is C40H32N6O4S. The minimum absolute atomic E-state index is 0.0861. The number of benzene rings is 4. The predicted octanol–water partition coefficient (Wildman–Crippen LogP) is 7.70. The number of fused-ring (bicyclic) bond motifs is 2. The van der Waals surface area contributed by atoms with Gasteiger partial charge in [-0.15, -0.1) is 0 Å². The molecular weight excluding hydrogens is 661 g/mol. The molecule has 51 heavy (non-hydrogen) atoms. The van der Waals surface area contributed by atoms with Crippen molar-refractivity contribution in [3.8, 4) is 17.0 Å². The molecule has 252 valence electrons. The van der Waals surface area contributed by atoms with E-state index >= 15 is 0 Å². The molecule has 2 N–H and O–H groups in total. The lowest BCUT2D eigenvalue weighted by atomic mass is 9.94. The minimum atomic E-state index is -1.14. The molecule has 0 radical (unpaired) electrons. The third-order valence-corrected chi connectivity index (χ3v) is 9.86. The second-order valence-electron chi connectivity index (χ2n) is 12.2. The Morgan fingerprint density at radius 1 is 0.882 bits per heavy atom. The van der Waals surface area contributed by atoms with E-state index in [0.29, 0.717) is 60.4 Å². The van der Waals surface area contributed by atoms with Crippen molar-refractivity contribution >= 4 is 44.4 Å². The van der Waals surface area contributed by atoms with E-state index in [0.717, 1.165) is 38.2 Å². The van der Waals surface area contributed by atoms with E-state index in [2.05, 4.69) is 20.3 Å². The fourth-order valence-electron chi connectivity index (χ4n) is 6.37. The lowest BCUT2D eigenvalue weighted by Crippen LogP contribution is -2.33. The van der Waals surface area contributed by atoms with Crippen LogP contribution in [0.3, 0.4) is 0 Å². The molecule has 0 unspecified atom stereocenters. The van der Waals surface area contributed by atoms with Crippen LogP contribution in [0.25, 0.3) is 21.5 Å². The first-order valence-corrected chi connectivity index (χ1v) is 17.3. The van der Waals surface area contributed by atoms with Crippen molar-refractivity contribution in [3.63, 3.8) is 0 Å². The molecule has 0 bridgehead atoms. The number of thiazole rings is 1. The second kappa shape index (κ2) is 13.9. The molecule has 0 saturated heterocycles. The van der Waals surface area contributed by atoms with Crippen LogP contribution in [-0.2, 0) is 26.1 Å². The number of rotatable bonds is 10. The molecule has 1 aliphatic heterocycles. The van der Waals surface area contributed by atoms with E-state index in [4.69, 9.17) is 4.74 Å². The van der Waals surface area contributed by atoms with Crippen LogP contribution < -0.4 is 15.0 Å². The fraction of sp³-hybridized carbons (Fsp3) is 0.125. The molecule has 0 aliphatic carbocycles. The van der Waals surface area contributed by atoms with Gasteiger partial charge in [0, 0.05) is 36.0 Å². The number of nitrogens with one attached hydrogen (secondary N) is 1. The summed E-state index contributed by atoms with van der Waals surface area (Å²) in [6.45, 7) is 1.98. The average Bonchev–Trinajstić information content (AvgIpc) is 3.81. The summed E-state index contributed by atoms with van der Waals surface area (Å²) in [5.41, 5.74) is 6.26. The molecule has 0 atom stereocenters. The molecule has 1 aliphatic rings. The molecule has 8 rings (SSSR count). The number of anilines is 2. The molecule has 0 spiro atoms. The van der Waals surface area contributed by atoms with Gasteiger partial charge in [-0.2, -0.15) is 0 Å². The van der Waals surface area contributed by atoms with E-state index in [-0.39, 0.29) is 11.6 Å². The summed E-state index contributed by atoms with van der Waals surface area (Å²) in [5, 5.41) is 13.8. The van der Waals surface area contributed by atoms with Crippen molar-refractivity contribution in [1.29, 1.82) is 0 Å². The van der Waals surface area contributed by atoms with Gasteiger partial charge in [-0.25, -0.2) is 19.7 Å². The zero-order valence-corrected chi connectivity index (χ0v) is 28.2. The normalized spacial score (nSPS) is 12.4. The predicted molar refractivity (Wildman–Crippen MR) is 198 cm³/mol. The van der Waals surface area contributed by atoms with E-state index < -0.39 is 5.97 Å². The Bertz CT molecular complexity index is 2360. The highest BCUT2D eigenvalue weighted by molar-refractivity contribution is 7.22. The van der Waals surface area contributed by atoms with Gasteiger partial charge in [0.1, 0.15) is 18.2 Å². The van der Waals surface area contributed by atoms with Crippen LogP contribution in [0, 0.1) is 0 Å². The number of para-hydroxylation sites is 2. The van der Waals surface area contributed by atoms with Gasteiger partial charge in [0.15, 0.2) is 10.8 Å². The number of ether oxygens (including phenoxy) is 1. The number of aromatic carboxylic acids is 1. The van der Waals surface area contributed by atoms with E-state index in [1.54, 1.807) is 12.4 Å². The number of carboxylic acids is 1. The highest BCUT2D eigenvalue weighted by Crippen LogP contribution is 2.31. The largest absolute Gasteiger partial charge is 0.489 e. The number of aromatic nitrogens is 4. The number of imidazole rings is 1. The molecule has 11 heteroatoms. The number of amides is 1. The first-order chi connectivity index (χ1) is 25.0. The number of carbonyl (C=O) groups excluding carboxylic acids is 1. The van der Waals surface area contributed by atoms with Crippen LogP contribution in [-0.4, -0.2) is 43.0 Å². The lowest BCUT2D eigenvalue weighted by Gasteiger charge is -2.31. The maximum Gasteiger partial charge on any atom is 0.355 e. The van der Waals surface area contributed by atoms with E-state index in [1.807, 2.05) is 119 Å². The molecule has 0 fully saturated rings. The number of nitrogens with zero attached hydrogens (tertiary/aromatic N) is 5. The molecule has 1 amide bonds. The minimum Gasteiger partial charge on any atom is -0.489 e. The van der Waals surface area contributed by atoms with E-state index in [9.17, 15) is 14.7 Å². The summed E-state index contributed by atoms with van der Waals surface area (Å²) >= 11 is 1.43. The van der Waals surface area contributed by atoms with Crippen molar-refractivity contribution < 1.29 is 19.4 Å². The van der Waals surface area contributed by atoms with Crippen molar-refractivity contribution in [3.05, 3.63) is 155 Å². The summed E-state index contributed by atoms with van der Waals surface area (Å²) in [6.07, 6.45) is 4.19. The zero-order valence-electron chi connectivity index (χ0n) is 27.4. The van der Waals surface area contributed by atoms with Gasteiger partial charge in [-0.3, -0.25) is 10.1 Å². The number of hydrogen-bond acceptors (Lipinski definition) is 8. The summed E-state index contributed by atoms with van der Waals surface area (Å²) in [7, 11) is 0. The summed E-state index contributed by atoms with van der Waals surface area (Å²) < 4.78 is 9.04. The number of carboxylic acid groups (broad SMARTS) is 1. The average molecular weight is 693 g/mol. The standard InChI is InChI=1S/C40H32N6O4S/c47-38(44-40-42-32-14-5-7-16-35(32)51-40)29-13-8-12-27-19-20-46(22-31(27)29)36-18-17-30(37(43-36)39(48)49)33-23-45(25-41-33)21-28-11-4-6-15-34(28)50-24-26-9-2-1-3-10-26/h1-18,23,25H,19-22,24H2,(H,48,49)(H,42,44,47). The molecule has 4 aromatic carbocycles. The summed E-state index contributed by atoms with van der Waals surface area (Å²) in [5.74, 6) is -0.0842. The van der Waals surface area contributed by atoms with Crippen molar-refractivity contribution in [2.24, 2.45) is 0 Å². The second-order valence-corrected chi connectivity index (χ2v) is 13.3. The Morgan fingerprint density at radius 2 is 1.71 bits per heavy atom. The van der Waals surface area contributed by atoms with Crippen molar-refractivity contribution in [2.45, 2.75) is 26.1 Å². The lowest BCUT2D eigenvalue weighted by molar-refractivity contribution is 0.0691. The molecule has 10 nitrogen and oxygen atoms in total. The van der Waals surface area contributed by atoms with Gasteiger partial charge in [-0.05, 0) is 59.5 Å². The fourth-order valence-corrected chi connectivity index (χ4v) is 7.23. The maximum atomic E-state index is 13.5. The van der Waals surface area contributed by atoms with Gasteiger partial charge in [0.2, 0.25) is 0 Å².